The maximum Gasteiger partial charge on any atom is 0.472 e. The summed E-state index contributed by atoms with van der Waals surface area (Å²) in [6, 6.07) is 0. The molecular weight excluding hydrogens is 937 g/mol. The molecule has 8 atom stereocenters. The van der Waals surface area contributed by atoms with Crippen molar-refractivity contribution in [3.8, 4) is 0 Å². The zero-order valence-corrected chi connectivity index (χ0v) is 42.4. The standard InChI is InChI=1S/C45H83O19P3/c1-3-5-7-9-11-13-15-17-18-19-20-22-23-25-27-29-31-33-38(46)59-35-37(61-39(47)34-32-30-28-26-24-21-16-14-12-10-8-6-4-2)36-60-67(57,58)64-43-40(48)41(49)44(62-65(51,52)53)45(42(43)50)63-66(54,55)56/h11,13,17-18,20,22,37,40-45,48-50H,3-10,12,14-16,19,21,23-36H2,1-2H3,(H,57,58)(H2,51,52,53)(H2,54,55,56). The Balaban J connectivity index is 2.73. The van der Waals surface area contributed by atoms with Crippen LogP contribution in [0.2, 0.25) is 0 Å². The van der Waals surface area contributed by atoms with E-state index in [2.05, 4.69) is 59.4 Å². The number of esters is 2. The monoisotopic (exact) mass is 1020 g/mol. The lowest BCUT2D eigenvalue weighted by Crippen LogP contribution is -2.65. The Labute approximate surface area is 398 Å². The zero-order chi connectivity index (χ0) is 50.0. The number of rotatable bonds is 41. The molecule has 0 amide bonds. The summed E-state index contributed by atoms with van der Waals surface area (Å²) in [5, 5.41) is 31.9. The first-order valence-corrected chi connectivity index (χ1v) is 28.8. The van der Waals surface area contributed by atoms with Gasteiger partial charge in [0.15, 0.2) is 6.10 Å². The van der Waals surface area contributed by atoms with Crippen LogP contribution in [0.5, 0.6) is 0 Å². The van der Waals surface area contributed by atoms with Gasteiger partial charge in [0, 0.05) is 12.8 Å². The summed E-state index contributed by atoms with van der Waals surface area (Å²) >= 11 is 0. The van der Waals surface area contributed by atoms with Crippen molar-refractivity contribution in [3.05, 3.63) is 36.5 Å². The van der Waals surface area contributed by atoms with Crippen molar-refractivity contribution in [1.29, 1.82) is 0 Å². The van der Waals surface area contributed by atoms with Crippen molar-refractivity contribution in [3.63, 3.8) is 0 Å². The van der Waals surface area contributed by atoms with Gasteiger partial charge >= 0.3 is 35.4 Å². The minimum absolute atomic E-state index is 0.00458. The SMILES string of the molecule is CCCCCC=CCC=CCC=CCCCCCCC(=O)OCC(COP(=O)(O)OC1C(O)C(O)C(OP(=O)(O)O)C(OP(=O)(O)O)C1O)OC(=O)CCCCCCCCCCCCCCC. The van der Waals surface area contributed by atoms with Gasteiger partial charge in [0.1, 0.15) is 43.2 Å². The summed E-state index contributed by atoms with van der Waals surface area (Å²) in [5.41, 5.74) is 0. The molecule has 392 valence electrons. The van der Waals surface area contributed by atoms with E-state index in [4.69, 9.17) is 18.5 Å². The molecule has 19 nitrogen and oxygen atoms in total. The highest BCUT2D eigenvalue weighted by atomic mass is 31.2. The second-order valence-electron chi connectivity index (χ2n) is 17.0. The lowest BCUT2D eigenvalue weighted by molar-refractivity contribution is -0.213. The number of phosphoric ester groups is 3. The van der Waals surface area contributed by atoms with E-state index in [1.165, 1.54) is 64.2 Å². The minimum atomic E-state index is -5.60. The van der Waals surface area contributed by atoms with Gasteiger partial charge in [0.05, 0.1) is 6.61 Å². The summed E-state index contributed by atoms with van der Waals surface area (Å²) in [7, 11) is -16.6. The van der Waals surface area contributed by atoms with Gasteiger partial charge in [-0.25, -0.2) is 13.7 Å². The first-order chi connectivity index (χ1) is 31.8. The molecule has 0 aliphatic heterocycles. The molecule has 0 aromatic carbocycles. The van der Waals surface area contributed by atoms with Crippen LogP contribution in [0, 0.1) is 0 Å². The van der Waals surface area contributed by atoms with E-state index >= 15 is 0 Å². The largest absolute Gasteiger partial charge is 0.472 e. The summed E-state index contributed by atoms with van der Waals surface area (Å²) in [5.74, 6) is -1.32. The second-order valence-corrected chi connectivity index (χ2v) is 20.8. The van der Waals surface area contributed by atoms with Gasteiger partial charge in [0.25, 0.3) is 0 Å². The van der Waals surface area contributed by atoms with E-state index < -0.39 is 91.3 Å². The fourth-order valence-corrected chi connectivity index (χ4v) is 9.39. The number of aliphatic hydroxyl groups is 3. The zero-order valence-electron chi connectivity index (χ0n) is 39.7. The van der Waals surface area contributed by atoms with E-state index in [1.807, 2.05) is 0 Å². The van der Waals surface area contributed by atoms with Crippen molar-refractivity contribution in [2.75, 3.05) is 13.2 Å². The van der Waals surface area contributed by atoms with Crippen LogP contribution in [0.15, 0.2) is 36.5 Å². The van der Waals surface area contributed by atoms with Crippen LogP contribution in [0.25, 0.3) is 0 Å². The van der Waals surface area contributed by atoms with Gasteiger partial charge in [-0.1, -0.05) is 153 Å². The molecule has 0 aromatic heterocycles. The highest BCUT2D eigenvalue weighted by molar-refractivity contribution is 7.47. The van der Waals surface area contributed by atoms with E-state index in [-0.39, 0.29) is 12.8 Å². The van der Waals surface area contributed by atoms with Crippen molar-refractivity contribution >= 4 is 35.4 Å². The van der Waals surface area contributed by atoms with Crippen molar-refractivity contribution in [1.82, 2.24) is 0 Å². The third kappa shape index (κ3) is 33.6. The van der Waals surface area contributed by atoms with Crippen molar-refractivity contribution < 1.29 is 90.6 Å². The Morgan fingerprint density at radius 2 is 0.866 bits per heavy atom. The number of unbranched alkanes of at least 4 members (excludes halogenated alkanes) is 19. The summed E-state index contributed by atoms with van der Waals surface area (Å²) in [6.07, 6.45) is 21.6. The predicted octanol–water partition coefficient (Wildman–Crippen LogP) is 8.85. The van der Waals surface area contributed by atoms with Crippen LogP contribution in [0.4, 0.5) is 0 Å². The average Bonchev–Trinajstić information content (AvgIpc) is 3.25. The molecule has 0 spiro atoms. The number of hydrogen-bond acceptors (Lipinski definition) is 14. The molecule has 1 saturated carbocycles. The molecule has 1 rings (SSSR count). The van der Waals surface area contributed by atoms with Crippen LogP contribution < -0.4 is 0 Å². The molecule has 0 heterocycles. The smallest absolute Gasteiger partial charge is 0.462 e. The fraction of sp³-hybridized carbons (Fsp3) is 0.822. The Hall–Kier alpha value is -1.63. The fourth-order valence-electron chi connectivity index (χ4n) is 7.30. The number of hydrogen-bond donors (Lipinski definition) is 8. The van der Waals surface area contributed by atoms with Crippen LogP contribution in [-0.2, 0) is 50.9 Å². The van der Waals surface area contributed by atoms with Crippen molar-refractivity contribution in [2.24, 2.45) is 0 Å². The molecule has 0 aromatic rings. The number of phosphoric acid groups is 3. The van der Waals surface area contributed by atoms with Gasteiger partial charge in [0.2, 0.25) is 0 Å². The van der Waals surface area contributed by atoms with Crippen molar-refractivity contribution in [2.45, 2.75) is 224 Å². The molecule has 67 heavy (non-hydrogen) atoms. The van der Waals surface area contributed by atoms with Crippen LogP contribution in [0.1, 0.15) is 181 Å². The highest BCUT2D eigenvalue weighted by Gasteiger charge is 2.56. The summed E-state index contributed by atoms with van der Waals surface area (Å²) < 4.78 is 65.5. The molecule has 0 saturated heterocycles. The van der Waals surface area contributed by atoms with Gasteiger partial charge in [-0.3, -0.25) is 27.7 Å². The first kappa shape index (κ1) is 63.4. The molecule has 8 unspecified atom stereocenters. The average molecular weight is 1020 g/mol. The maximum absolute atomic E-state index is 13.1. The Kier molecular flexibility index (Phi) is 35.2. The Morgan fingerprint density at radius 3 is 1.36 bits per heavy atom. The molecule has 1 aliphatic carbocycles. The summed E-state index contributed by atoms with van der Waals surface area (Å²) in [6.45, 7) is 2.90. The van der Waals surface area contributed by atoms with Crippen LogP contribution in [0.3, 0.4) is 0 Å². The second kappa shape index (κ2) is 37.2. The van der Waals surface area contributed by atoms with Gasteiger partial charge in [-0.15, -0.1) is 0 Å². The van der Waals surface area contributed by atoms with E-state index in [1.54, 1.807) is 0 Å². The number of aliphatic hydroxyl groups excluding tert-OH is 3. The normalized spacial score (nSPS) is 21.9. The number of allylic oxidation sites excluding steroid dienone is 6. The lowest BCUT2D eigenvalue weighted by atomic mass is 9.85. The molecule has 0 radical (unpaired) electrons. The quantitative estimate of drug-likeness (QED) is 0.0123. The Bertz CT molecular complexity index is 1550. The maximum atomic E-state index is 13.1. The third-order valence-corrected chi connectivity index (χ3v) is 13.0. The lowest BCUT2D eigenvalue weighted by Gasteiger charge is -2.44. The molecule has 1 fully saturated rings. The third-order valence-electron chi connectivity index (χ3n) is 10.9. The first-order valence-electron chi connectivity index (χ1n) is 24.3. The van der Waals surface area contributed by atoms with E-state index in [0.717, 1.165) is 77.0 Å². The van der Waals surface area contributed by atoms with Crippen LogP contribution in [-0.4, -0.2) is 108 Å². The molecule has 1 aliphatic rings. The minimum Gasteiger partial charge on any atom is -0.462 e. The van der Waals surface area contributed by atoms with E-state index in [9.17, 15) is 63.1 Å². The number of ether oxygens (including phenoxy) is 2. The van der Waals surface area contributed by atoms with Gasteiger partial charge in [-0.05, 0) is 51.4 Å². The summed E-state index contributed by atoms with van der Waals surface area (Å²) in [4.78, 5) is 73.2. The van der Waals surface area contributed by atoms with Gasteiger partial charge in [-0.2, -0.15) is 0 Å². The van der Waals surface area contributed by atoms with Crippen LogP contribution >= 0.6 is 23.5 Å². The Morgan fingerprint density at radius 1 is 0.478 bits per heavy atom. The molecular formula is C45H83O19P3. The molecule has 0 bridgehead atoms. The predicted molar refractivity (Wildman–Crippen MR) is 252 cm³/mol. The number of carbonyl (C=O) groups is 2. The molecule has 8 N–H and O–H groups in total. The molecule has 22 heteroatoms. The number of carbonyl (C=O) groups excluding carboxylic acids is 2. The topological polar surface area (TPSA) is 303 Å². The highest BCUT2D eigenvalue weighted by Crippen LogP contribution is 2.51. The van der Waals surface area contributed by atoms with Gasteiger partial charge < -0.3 is 49.3 Å². The van der Waals surface area contributed by atoms with E-state index in [0.29, 0.717) is 12.8 Å².